The minimum atomic E-state index is -0.358. The van der Waals surface area contributed by atoms with Crippen LogP contribution in [0.4, 0.5) is 0 Å². The SMILES string of the molecule is C/C=C\CCCC(=O)OCCN1CCOCC1.CCCCCC(=O)c1ccc(C2CC(Cl)CC2O)cc1. The van der Waals surface area contributed by atoms with Gasteiger partial charge in [0.25, 0.3) is 0 Å². The Hall–Kier alpha value is -1.73. The van der Waals surface area contributed by atoms with Crippen LogP contribution in [0.1, 0.15) is 93.5 Å². The molecule has 1 aliphatic heterocycles. The fourth-order valence-corrected chi connectivity index (χ4v) is 5.00. The second kappa shape index (κ2) is 18.5. The number of allylic oxidation sites excluding steroid dienone is 2. The Bertz CT molecular complexity index is 807. The van der Waals surface area contributed by atoms with E-state index in [1.54, 1.807) is 0 Å². The van der Waals surface area contributed by atoms with Crippen LogP contribution in [0.25, 0.3) is 0 Å². The molecule has 1 saturated carbocycles. The van der Waals surface area contributed by atoms with Gasteiger partial charge in [-0.15, -0.1) is 11.6 Å². The molecule has 6 nitrogen and oxygen atoms in total. The van der Waals surface area contributed by atoms with E-state index in [0.29, 0.717) is 25.9 Å². The molecular formula is C30H46ClNO5. The number of aliphatic hydroxyl groups is 1. The molecule has 1 aromatic carbocycles. The van der Waals surface area contributed by atoms with Crippen LogP contribution in [-0.4, -0.2) is 72.7 Å². The smallest absolute Gasteiger partial charge is 0.305 e. The number of morpholine rings is 1. The molecule has 0 spiro atoms. The Kier molecular flexibility index (Phi) is 15.8. The predicted molar refractivity (Wildman–Crippen MR) is 149 cm³/mol. The average molecular weight is 536 g/mol. The summed E-state index contributed by atoms with van der Waals surface area (Å²) < 4.78 is 10.4. The first kappa shape index (κ1) is 31.5. The summed E-state index contributed by atoms with van der Waals surface area (Å²) >= 11 is 6.09. The Morgan fingerprint density at radius 2 is 1.84 bits per heavy atom. The van der Waals surface area contributed by atoms with Gasteiger partial charge < -0.3 is 14.6 Å². The standard InChI is InChI=1S/C17H23ClO2.C13H23NO3/c1-2-3-4-5-16(19)13-8-6-12(7-9-13)15-10-14(18)11-17(15)20;1-2-3-4-5-6-13(15)17-12-9-14-7-10-16-11-8-14/h6-9,14-15,17,20H,2-5,10-11H2,1H3;2-3H,4-12H2,1H3/b;3-2-. The van der Waals surface area contributed by atoms with Gasteiger partial charge in [-0.2, -0.15) is 0 Å². The Morgan fingerprint density at radius 1 is 1.11 bits per heavy atom. The average Bonchev–Trinajstić information content (AvgIpc) is 3.25. The maximum Gasteiger partial charge on any atom is 0.305 e. The second-order valence-corrected chi connectivity index (χ2v) is 10.5. The first-order valence-electron chi connectivity index (χ1n) is 14.0. The minimum Gasteiger partial charge on any atom is -0.464 e. The third kappa shape index (κ3) is 12.6. The van der Waals surface area contributed by atoms with Crippen LogP contribution in [0.3, 0.4) is 0 Å². The number of rotatable bonds is 13. The van der Waals surface area contributed by atoms with E-state index >= 15 is 0 Å². The number of alkyl halides is 1. The zero-order chi connectivity index (χ0) is 26.9. The van der Waals surface area contributed by atoms with E-state index in [1.807, 2.05) is 37.3 Å². The van der Waals surface area contributed by atoms with Gasteiger partial charge in [-0.1, -0.05) is 56.2 Å². The van der Waals surface area contributed by atoms with Crippen molar-refractivity contribution in [3.63, 3.8) is 0 Å². The van der Waals surface area contributed by atoms with E-state index in [2.05, 4.69) is 17.9 Å². The monoisotopic (exact) mass is 535 g/mol. The first-order chi connectivity index (χ1) is 17.9. The lowest BCUT2D eigenvalue weighted by Crippen LogP contribution is -2.38. The van der Waals surface area contributed by atoms with Crippen molar-refractivity contribution < 1.29 is 24.2 Å². The molecule has 208 valence electrons. The van der Waals surface area contributed by atoms with Crippen molar-refractivity contribution >= 4 is 23.4 Å². The Labute approximate surface area is 228 Å². The zero-order valence-electron chi connectivity index (χ0n) is 22.7. The topological polar surface area (TPSA) is 76.1 Å². The number of esters is 1. The highest BCUT2D eigenvalue weighted by Crippen LogP contribution is 2.37. The molecule has 3 rings (SSSR count). The van der Waals surface area contributed by atoms with Gasteiger partial charge in [0.15, 0.2) is 5.78 Å². The fourth-order valence-electron chi connectivity index (χ4n) is 4.63. The lowest BCUT2D eigenvalue weighted by molar-refractivity contribution is -0.144. The summed E-state index contributed by atoms with van der Waals surface area (Å²) in [5, 5.41) is 10.0. The molecule has 3 unspecified atom stereocenters. The molecule has 0 amide bonds. The molecule has 1 heterocycles. The van der Waals surface area contributed by atoms with E-state index in [-0.39, 0.29) is 29.2 Å². The summed E-state index contributed by atoms with van der Waals surface area (Å²) in [5.41, 5.74) is 1.87. The number of carbonyl (C=O) groups excluding carboxylic acids is 2. The summed E-state index contributed by atoms with van der Waals surface area (Å²) in [7, 11) is 0. The van der Waals surface area contributed by atoms with Crippen molar-refractivity contribution in [2.45, 2.75) is 89.0 Å². The van der Waals surface area contributed by atoms with E-state index in [9.17, 15) is 14.7 Å². The first-order valence-corrected chi connectivity index (χ1v) is 14.4. The second-order valence-electron chi connectivity index (χ2n) is 9.88. The van der Waals surface area contributed by atoms with Crippen LogP contribution < -0.4 is 0 Å². The number of nitrogens with zero attached hydrogens (tertiary/aromatic N) is 1. The number of ketones is 1. The zero-order valence-corrected chi connectivity index (χ0v) is 23.5. The summed E-state index contributed by atoms with van der Waals surface area (Å²) in [6.45, 7) is 8.91. The largest absolute Gasteiger partial charge is 0.464 e. The van der Waals surface area contributed by atoms with Crippen molar-refractivity contribution in [1.29, 1.82) is 0 Å². The van der Waals surface area contributed by atoms with Crippen LogP contribution in [0.15, 0.2) is 36.4 Å². The number of halogens is 1. The van der Waals surface area contributed by atoms with Gasteiger partial charge >= 0.3 is 5.97 Å². The lowest BCUT2D eigenvalue weighted by atomic mass is 9.94. The molecule has 2 fully saturated rings. The summed E-state index contributed by atoms with van der Waals surface area (Å²) in [6, 6.07) is 7.71. The van der Waals surface area contributed by atoms with Crippen molar-refractivity contribution in [2.24, 2.45) is 0 Å². The molecule has 1 aromatic rings. The molecule has 37 heavy (non-hydrogen) atoms. The van der Waals surface area contributed by atoms with E-state index in [0.717, 1.165) is 82.5 Å². The van der Waals surface area contributed by atoms with Gasteiger partial charge in [0.1, 0.15) is 6.61 Å². The van der Waals surface area contributed by atoms with Crippen molar-refractivity contribution in [3.8, 4) is 0 Å². The lowest BCUT2D eigenvalue weighted by Gasteiger charge is -2.26. The predicted octanol–water partition coefficient (Wildman–Crippen LogP) is 5.90. The number of unbranched alkanes of at least 4 members (excludes halogenated alkanes) is 3. The van der Waals surface area contributed by atoms with Gasteiger partial charge in [0, 0.05) is 49.3 Å². The highest BCUT2D eigenvalue weighted by Gasteiger charge is 2.32. The highest BCUT2D eigenvalue weighted by molar-refractivity contribution is 6.20. The normalized spacial score (nSPS) is 22.0. The number of ether oxygens (including phenoxy) is 2. The maximum atomic E-state index is 12.0. The van der Waals surface area contributed by atoms with E-state index in [4.69, 9.17) is 21.1 Å². The summed E-state index contributed by atoms with van der Waals surface area (Å²) in [4.78, 5) is 25.6. The third-order valence-electron chi connectivity index (χ3n) is 6.90. The molecule has 1 N–H and O–H groups in total. The van der Waals surface area contributed by atoms with Gasteiger partial charge in [0.05, 0.1) is 19.3 Å². The Balaban J connectivity index is 0.000000264. The summed E-state index contributed by atoms with van der Waals surface area (Å²) in [6.07, 6.45) is 11.4. The minimum absolute atomic E-state index is 0.0605. The number of aliphatic hydroxyl groups excluding tert-OH is 1. The quantitative estimate of drug-likeness (QED) is 0.111. The highest BCUT2D eigenvalue weighted by atomic mass is 35.5. The van der Waals surface area contributed by atoms with Crippen molar-refractivity contribution in [3.05, 3.63) is 47.5 Å². The van der Waals surface area contributed by atoms with Gasteiger partial charge in [-0.25, -0.2) is 0 Å². The van der Waals surface area contributed by atoms with Gasteiger partial charge in [-0.3, -0.25) is 14.5 Å². The molecule has 0 radical (unpaired) electrons. The molecule has 2 aliphatic rings. The van der Waals surface area contributed by atoms with Crippen LogP contribution in [0, 0.1) is 0 Å². The number of hydrogen-bond donors (Lipinski definition) is 1. The molecular weight excluding hydrogens is 490 g/mol. The number of carbonyl (C=O) groups is 2. The molecule has 3 atom stereocenters. The van der Waals surface area contributed by atoms with Crippen LogP contribution >= 0.6 is 11.6 Å². The van der Waals surface area contributed by atoms with Crippen LogP contribution in [0.2, 0.25) is 0 Å². The third-order valence-corrected chi connectivity index (χ3v) is 7.26. The van der Waals surface area contributed by atoms with Crippen molar-refractivity contribution in [1.82, 2.24) is 4.90 Å². The molecule has 7 heteroatoms. The van der Waals surface area contributed by atoms with E-state index < -0.39 is 0 Å². The molecule has 1 aliphatic carbocycles. The fraction of sp³-hybridized carbons (Fsp3) is 0.667. The summed E-state index contributed by atoms with van der Waals surface area (Å²) in [5.74, 6) is 0.247. The molecule has 0 aromatic heterocycles. The molecule has 1 saturated heterocycles. The Morgan fingerprint density at radius 3 is 2.46 bits per heavy atom. The molecule has 0 bridgehead atoms. The number of benzene rings is 1. The van der Waals surface area contributed by atoms with Crippen LogP contribution in [-0.2, 0) is 14.3 Å². The van der Waals surface area contributed by atoms with Gasteiger partial charge in [-0.05, 0) is 44.6 Å². The number of hydrogen-bond acceptors (Lipinski definition) is 6. The maximum absolute atomic E-state index is 12.0. The van der Waals surface area contributed by atoms with E-state index in [1.165, 1.54) is 0 Å². The number of Topliss-reactive ketones (excluding diaryl/α,β-unsaturated/α-hetero) is 1. The van der Waals surface area contributed by atoms with Gasteiger partial charge in [0.2, 0.25) is 0 Å². The van der Waals surface area contributed by atoms with Crippen LogP contribution in [0.5, 0.6) is 0 Å². The van der Waals surface area contributed by atoms with Crippen molar-refractivity contribution in [2.75, 3.05) is 39.5 Å².